The van der Waals surface area contributed by atoms with Gasteiger partial charge < -0.3 is 15.0 Å². The van der Waals surface area contributed by atoms with Crippen LogP contribution in [0.3, 0.4) is 0 Å². The number of rotatable bonds is 9. The standard InChI is InChI=1S/C35H41Cl2N5O6S/c1-35(2,3)48-34(45)40-29-15-9-10-22(39-29)18-19-38-32(43)30-23-11-5-6-12-24(23)33(44)42(31(30)25-17-16-21(36)20-26(25)37)28-14-8-7-13-27(28)41-49(4,46)47/h5-6,9-12,15-17,20,27-28,30-31,41H,7-8,13-14,18-19H2,1-4H3,(H,38,43)(H,39,40,45)/t27-,28-,30+,31-/m0/s1. The van der Waals surface area contributed by atoms with Crippen molar-refractivity contribution in [1.82, 2.24) is 19.9 Å². The number of nitrogens with zero attached hydrogens (tertiary/aromatic N) is 2. The fourth-order valence-electron chi connectivity index (χ4n) is 6.65. The molecule has 0 radical (unpaired) electrons. The Morgan fingerprint density at radius 2 is 1.73 bits per heavy atom. The summed E-state index contributed by atoms with van der Waals surface area (Å²) in [5, 5.41) is 6.36. The largest absolute Gasteiger partial charge is 0.444 e. The maximum atomic E-state index is 14.4. The fourth-order valence-corrected chi connectivity index (χ4v) is 7.99. The Hall–Kier alpha value is -3.71. The van der Waals surface area contributed by atoms with Gasteiger partial charge in [0.15, 0.2) is 0 Å². The van der Waals surface area contributed by atoms with Crippen LogP contribution in [0, 0.1) is 0 Å². The Kier molecular flexibility index (Phi) is 11.2. The predicted molar refractivity (Wildman–Crippen MR) is 189 cm³/mol. The molecular formula is C35H41Cl2N5O6S. The highest BCUT2D eigenvalue weighted by Gasteiger charge is 2.49. The lowest BCUT2D eigenvalue weighted by molar-refractivity contribution is -0.124. The second-order valence-electron chi connectivity index (χ2n) is 13.4. The molecule has 1 aromatic heterocycles. The first-order chi connectivity index (χ1) is 23.1. The minimum atomic E-state index is -3.60. The van der Waals surface area contributed by atoms with E-state index >= 15 is 0 Å². The minimum absolute atomic E-state index is 0.205. The summed E-state index contributed by atoms with van der Waals surface area (Å²) in [6.07, 6.45) is 3.48. The van der Waals surface area contributed by atoms with E-state index in [0.29, 0.717) is 52.5 Å². The van der Waals surface area contributed by atoms with E-state index in [1.165, 1.54) is 0 Å². The fraction of sp³-hybridized carbons (Fsp3) is 0.429. The molecule has 0 spiro atoms. The van der Waals surface area contributed by atoms with Crippen molar-refractivity contribution in [2.45, 2.75) is 82.5 Å². The summed E-state index contributed by atoms with van der Waals surface area (Å²) < 4.78 is 32.9. The number of pyridine rings is 1. The van der Waals surface area contributed by atoms with Crippen LogP contribution in [0.25, 0.3) is 0 Å². The van der Waals surface area contributed by atoms with Gasteiger partial charge in [0.05, 0.1) is 18.2 Å². The van der Waals surface area contributed by atoms with Crippen LogP contribution in [0.1, 0.15) is 85.6 Å². The molecule has 2 heterocycles. The first-order valence-electron chi connectivity index (χ1n) is 16.2. The molecular weight excluding hydrogens is 689 g/mol. The monoisotopic (exact) mass is 729 g/mol. The normalized spacial score (nSPS) is 21.1. The van der Waals surface area contributed by atoms with E-state index in [4.69, 9.17) is 27.9 Å². The Morgan fingerprint density at radius 3 is 2.45 bits per heavy atom. The topological polar surface area (TPSA) is 147 Å². The molecule has 1 aliphatic heterocycles. The van der Waals surface area contributed by atoms with Gasteiger partial charge >= 0.3 is 6.09 Å². The molecule has 3 N–H and O–H groups in total. The van der Waals surface area contributed by atoms with Gasteiger partial charge in [0.2, 0.25) is 15.9 Å². The molecule has 262 valence electrons. The van der Waals surface area contributed by atoms with Crippen LogP contribution in [-0.2, 0) is 26.0 Å². The van der Waals surface area contributed by atoms with E-state index in [0.717, 1.165) is 19.1 Å². The van der Waals surface area contributed by atoms with Crippen molar-refractivity contribution in [3.8, 4) is 0 Å². The van der Waals surface area contributed by atoms with Gasteiger partial charge in [0, 0.05) is 46.4 Å². The van der Waals surface area contributed by atoms with Crippen LogP contribution < -0.4 is 15.4 Å². The van der Waals surface area contributed by atoms with Crippen molar-refractivity contribution in [1.29, 1.82) is 0 Å². The lowest BCUT2D eigenvalue weighted by Gasteiger charge is -2.49. The van der Waals surface area contributed by atoms with Gasteiger partial charge in [0.25, 0.3) is 5.91 Å². The lowest BCUT2D eigenvalue weighted by atomic mass is 9.76. The van der Waals surface area contributed by atoms with E-state index in [1.807, 2.05) is 0 Å². The number of benzene rings is 2. The van der Waals surface area contributed by atoms with Crippen LogP contribution in [0.2, 0.25) is 10.0 Å². The van der Waals surface area contributed by atoms with E-state index in [-0.39, 0.29) is 23.4 Å². The van der Waals surface area contributed by atoms with Crippen LogP contribution in [0.5, 0.6) is 0 Å². The molecule has 11 nitrogen and oxygen atoms in total. The zero-order valence-electron chi connectivity index (χ0n) is 27.8. The Morgan fingerprint density at radius 1 is 1.00 bits per heavy atom. The van der Waals surface area contributed by atoms with Gasteiger partial charge in [0.1, 0.15) is 11.4 Å². The zero-order valence-corrected chi connectivity index (χ0v) is 30.2. The number of hydrogen-bond acceptors (Lipinski definition) is 7. The second kappa shape index (κ2) is 15.0. The number of carbonyl (C=O) groups excluding carboxylic acids is 3. The molecule has 0 bridgehead atoms. The van der Waals surface area contributed by atoms with E-state index in [1.54, 1.807) is 86.3 Å². The zero-order chi connectivity index (χ0) is 35.5. The average molecular weight is 731 g/mol. The first-order valence-corrected chi connectivity index (χ1v) is 18.8. The molecule has 2 aromatic carbocycles. The van der Waals surface area contributed by atoms with Gasteiger partial charge in [-0.3, -0.25) is 14.9 Å². The quantitative estimate of drug-likeness (QED) is 0.237. The Balaban J connectivity index is 1.47. The van der Waals surface area contributed by atoms with E-state index in [9.17, 15) is 22.8 Å². The Bertz CT molecular complexity index is 1830. The molecule has 4 atom stereocenters. The van der Waals surface area contributed by atoms with Crippen LogP contribution >= 0.6 is 23.2 Å². The summed E-state index contributed by atoms with van der Waals surface area (Å²) in [4.78, 5) is 47.2. The second-order valence-corrected chi connectivity index (χ2v) is 16.0. The van der Waals surface area contributed by atoms with Gasteiger partial charge in [-0.1, -0.05) is 66.4 Å². The highest BCUT2D eigenvalue weighted by Crippen LogP contribution is 2.47. The summed E-state index contributed by atoms with van der Waals surface area (Å²) in [6.45, 7) is 5.51. The summed E-state index contributed by atoms with van der Waals surface area (Å²) in [7, 11) is -3.60. The maximum Gasteiger partial charge on any atom is 0.413 e. The number of ether oxygens (including phenoxy) is 1. The third-order valence-electron chi connectivity index (χ3n) is 8.51. The summed E-state index contributed by atoms with van der Waals surface area (Å²) in [6, 6.07) is 15.2. The van der Waals surface area contributed by atoms with Crippen LogP contribution in [0.15, 0.2) is 60.7 Å². The Labute approximate surface area is 297 Å². The van der Waals surface area contributed by atoms with Gasteiger partial charge in [-0.25, -0.2) is 22.9 Å². The van der Waals surface area contributed by atoms with Crippen molar-refractivity contribution in [2.24, 2.45) is 0 Å². The van der Waals surface area contributed by atoms with Gasteiger partial charge in [-0.15, -0.1) is 0 Å². The van der Waals surface area contributed by atoms with E-state index < -0.39 is 45.8 Å². The molecule has 14 heteroatoms. The lowest BCUT2D eigenvalue weighted by Crippen LogP contribution is -2.59. The number of halogens is 2. The molecule has 5 rings (SSSR count). The minimum Gasteiger partial charge on any atom is -0.444 e. The smallest absolute Gasteiger partial charge is 0.413 e. The molecule has 2 aliphatic rings. The number of fused-ring (bicyclic) bond motifs is 1. The highest BCUT2D eigenvalue weighted by atomic mass is 35.5. The molecule has 3 aromatic rings. The van der Waals surface area contributed by atoms with Crippen molar-refractivity contribution in [2.75, 3.05) is 18.1 Å². The number of anilines is 1. The molecule has 1 aliphatic carbocycles. The van der Waals surface area contributed by atoms with Crippen molar-refractivity contribution < 1.29 is 27.5 Å². The molecule has 1 saturated carbocycles. The number of carbonyl (C=O) groups is 3. The summed E-state index contributed by atoms with van der Waals surface area (Å²) in [5.74, 6) is -1.22. The summed E-state index contributed by atoms with van der Waals surface area (Å²) >= 11 is 13.1. The number of amides is 3. The number of sulfonamides is 1. The third-order valence-corrected chi connectivity index (χ3v) is 9.80. The SMILES string of the molecule is CC(C)(C)OC(=O)Nc1cccc(CCNC(=O)[C@@H]2c3ccccc3C(=O)N([C@H]3CCCC[C@@H]3NS(C)(=O)=O)[C@H]2c2ccc(Cl)cc2Cl)n1. The average Bonchev–Trinajstić information content (AvgIpc) is 3.00. The highest BCUT2D eigenvalue weighted by molar-refractivity contribution is 7.88. The van der Waals surface area contributed by atoms with Crippen molar-refractivity contribution in [3.05, 3.63) is 93.1 Å². The third kappa shape index (κ3) is 9.10. The maximum absolute atomic E-state index is 14.4. The molecule has 0 unspecified atom stereocenters. The van der Waals surface area contributed by atoms with Crippen molar-refractivity contribution >= 4 is 57.0 Å². The first kappa shape index (κ1) is 36.6. The molecule has 3 amide bonds. The van der Waals surface area contributed by atoms with Gasteiger partial charge in [-0.05, 0) is 75.1 Å². The van der Waals surface area contributed by atoms with Gasteiger partial charge in [-0.2, -0.15) is 0 Å². The number of aromatic nitrogens is 1. The van der Waals surface area contributed by atoms with Crippen LogP contribution in [-0.4, -0.2) is 66.7 Å². The van der Waals surface area contributed by atoms with Crippen molar-refractivity contribution in [3.63, 3.8) is 0 Å². The summed E-state index contributed by atoms with van der Waals surface area (Å²) in [5.41, 5.74) is 1.40. The molecule has 1 fully saturated rings. The van der Waals surface area contributed by atoms with E-state index in [2.05, 4.69) is 20.3 Å². The molecule has 0 saturated heterocycles. The van der Waals surface area contributed by atoms with Crippen LogP contribution in [0.4, 0.5) is 10.6 Å². The molecule has 49 heavy (non-hydrogen) atoms. The number of hydrogen-bond donors (Lipinski definition) is 3. The predicted octanol–water partition coefficient (Wildman–Crippen LogP) is 6.24. The number of nitrogens with one attached hydrogen (secondary N) is 3.